The van der Waals surface area contributed by atoms with Gasteiger partial charge in [0.25, 0.3) is 0 Å². The fourth-order valence-electron chi connectivity index (χ4n) is 2.61. The molecular weight excluding hydrogens is 176 g/mol. The third-order valence-corrected chi connectivity index (χ3v) is 3.38. The Kier molecular flexibility index (Phi) is 3.79. The lowest BCUT2D eigenvalue weighted by Crippen LogP contribution is -2.40. The molecule has 1 heterocycles. The molecule has 0 aromatic heterocycles. The molecule has 0 atom stereocenters. The van der Waals surface area contributed by atoms with Gasteiger partial charge >= 0.3 is 0 Å². The number of nitrogens with zero attached hydrogens (tertiary/aromatic N) is 1. The lowest BCUT2D eigenvalue weighted by molar-refractivity contribution is -0.148. The summed E-state index contributed by atoms with van der Waals surface area (Å²) in [6.07, 6.45) is 6.46. The molecule has 2 aliphatic rings. The fraction of sp³-hybridized carbons (Fsp3) is 1.00. The van der Waals surface area contributed by atoms with Crippen LogP contribution in [-0.2, 0) is 4.84 Å². The number of hydrogen-bond acceptors (Lipinski definition) is 3. The minimum Gasteiger partial charge on any atom is -0.314 e. The summed E-state index contributed by atoms with van der Waals surface area (Å²) in [6.45, 7) is 5.38. The van der Waals surface area contributed by atoms with E-state index < -0.39 is 0 Å². The summed E-state index contributed by atoms with van der Waals surface area (Å²) in [4.78, 5) is 5.60. The van der Waals surface area contributed by atoms with Crippen LogP contribution in [-0.4, -0.2) is 36.8 Å². The van der Waals surface area contributed by atoms with Crippen molar-refractivity contribution in [1.82, 2.24) is 10.4 Å². The highest BCUT2D eigenvalue weighted by Crippen LogP contribution is 2.25. The van der Waals surface area contributed by atoms with Crippen molar-refractivity contribution in [3.8, 4) is 0 Å². The molecule has 14 heavy (non-hydrogen) atoms. The molecule has 3 nitrogen and oxygen atoms in total. The van der Waals surface area contributed by atoms with E-state index in [1.807, 2.05) is 0 Å². The second-order valence-corrected chi connectivity index (χ2v) is 4.39. The van der Waals surface area contributed by atoms with Crippen LogP contribution in [0.1, 0.15) is 39.0 Å². The van der Waals surface area contributed by atoms with E-state index in [1.54, 1.807) is 0 Å². The van der Waals surface area contributed by atoms with Crippen molar-refractivity contribution < 1.29 is 4.84 Å². The summed E-state index contributed by atoms with van der Waals surface area (Å²) >= 11 is 0. The van der Waals surface area contributed by atoms with Crippen LogP contribution in [0.4, 0.5) is 0 Å². The molecule has 2 fully saturated rings. The summed E-state index contributed by atoms with van der Waals surface area (Å²) in [5.74, 6) is 0. The Morgan fingerprint density at radius 2 is 2.07 bits per heavy atom. The highest BCUT2D eigenvalue weighted by atomic mass is 16.7. The van der Waals surface area contributed by atoms with Crippen LogP contribution in [0.5, 0.6) is 0 Å². The van der Waals surface area contributed by atoms with E-state index in [4.69, 9.17) is 4.84 Å². The first-order valence-corrected chi connectivity index (χ1v) is 6.03. The van der Waals surface area contributed by atoms with Gasteiger partial charge in [0.05, 0.1) is 6.61 Å². The second-order valence-electron chi connectivity index (χ2n) is 4.39. The molecule has 1 aliphatic carbocycles. The Labute approximate surface area is 86.8 Å². The van der Waals surface area contributed by atoms with Gasteiger partial charge in [-0.1, -0.05) is 6.92 Å². The van der Waals surface area contributed by atoms with Gasteiger partial charge in [-0.05, 0) is 38.6 Å². The average molecular weight is 198 g/mol. The summed E-state index contributed by atoms with van der Waals surface area (Å²) in [6, 6.07) is 1.46. The Bertz CT molecular complexity index is 161. The molecule has 1 saturated carbocycles. The Morgan fingerprint density at radius 3 is 2.64 bits per heavy atom. The molecule has 0 unspecified atom stereocenters. The van der Waals surface area contributed by atoms with Crippen molar-refractivity contribution >= 4 is 0 Å². The van der Waals surface area contributed by atoms with Crippen LogP contribution in [0.15, 0.2) is 0 Å². The standard InChI is InChI=1S/C11H22N2O/c1-2-12-10-4-6-11(7-5-10)13-8-3-9-14-13/h10-12H,2-9H2,1H3. The summed E-state index contributed by atoms with van der Waals surface area (Å²) < 4.78 is 0. The molecule has 0 aromatic carbocycles. The van der Waals surface area contributed by atoms with Gasteiger partial charge in [0.1, 0.15) is 0 Å². The van der Waals surface area contributed by atoms with Crippen molar-refractivity contribution in [2.75, 3.05) is 19.7 Å². The fourth-order valence-corrected chi connectivity index (χ4v) is 2.61. The minimum atomic E-state index is 0.701. The van der Waals surface area contributed by atoms with E-state index in [-0.39, 0.29) is 0 Å². The predicted octanol–water partition coefficient (Wildman–Crippen LogP) is 1.54. The maximum Gasteiger partial charge on any atom is 0.0698 e. The van der Waals surface area contributed by atoms with Crippen molar-refractivity contribution in [2.45, 2.75) is 51.1 Å². The molecular formula is C11H22N2O. The topological polar surface area (TPSA) is 24.5 Å². The smallest absolute Gasteiger partial charge is 0.0698 e. The van der Waals surface area contributed by atoms with Crippen LogP contribution in [0.3, 0.4) is 0 Å². The van der Waals surface area contributed by atoms with Gasteiger partial charge in [0.2, 0.25) is 0 Å². The van der Waals surface area contributed by atoms with Crippen LogP contribution in [0.25, 0.3) is 0 Å². The van der Waals surface area contributed by atoms with Gasteiger partial charge in [0, 0.05) is 18.6 Å². The molecule has 1 saturated heterocycles. The predicted molar refractivity (Wildman–Crippen MR) is 57.0 cm³/mol. The number of nitrogens with one attached hydrogen (secondary N) is 1. The zero-order valence-corrected chi connectivity index (χ0v) is 9.17. The molecule has 0 amide bonds. The lowest BCUT2D eigenvalue weighted by Gasteiger charge is -2.33. The summed E-state index contributed by atoms with van der Waals surface area (Å²) in [5, 5.41) is 5.76. The van der Waals surface area contributed by atoms with E-state index in [0.717, 1.165) is 25.7 Å². The Morgan fingerprint density at radius 1 is 1.29 bits per heavy atom. The zero-order chi connectivity index (χ0) is 9.80. The molecule has 82 valence electrons. The Hall–Kier alpha value is -0.120. The molecule has 3 heteroatoms. The van der Waals surface area contributed by atoms with Crippen molar-refractivity contribution in [2.24, 2.45) is 0 Å². The average Bonchev–Trinajstić information content (AvgIpc) is 2.72. The SMILES string of the molecule is CCNC1CCC(N2CCCO2)CC1. The molecule has 0 radical (unpaired) electrons. The lowest BCUT2D eigenvalue weighted by atomic mass is 9.91. The van der Waals surface area contributed by atoms with Crippen LogP contribution in [0.2, 0.25) is 0 Å². The van der Waals surface area contributed by atoms with E-state index in [1.165, 1.54) is 32.1 Å². The van der Waals surface area contributed by atoms with E-state index >= 15 is 0 Å². The maximum atomic E-state index is 5.60. The highest BCUT2D eigenvalue weighted by Gasteiger charge is 2.27. The third kappa shape index (κ3) is 2.47. The van der Waals surface area contributed by atoms with Gasteiger partial charge in [-0.25, -0.2) is 0 Å². The van der Waals surface area contributed by atoms with Gasteiger partial charge in [-0.15, -0.1) is 0 Å². The largest absolute Gasteiger partial charge is 0.314 e. The first-order valence-electron chi connectivity index (χ1n) is 6.03. The summed E-state index contributed by atoms with van der Waals surface area (Å²) in [7, 11) is 0. The first-order chi connectivity index (χ1) is 6.90. The quantitative estimate of drug-likeness (QED) is 0.744. The second kappa shape index (κ2) is 5.10. The van der Waals surface area contributed by atoms with Gasteiger partial charge in [-0.2, -0.15) is 5.06 Å². The normalized spacial score (nSPS) is 34.9. The molecule has 1 N–H and O–H groups in total. The van der Waals surface area contributed by atoms with Crippen molar-refractivity contribution in [3.63, 3.8) is 0 Å². The first kappa shape index (κ1) is 10.4. The molecule has 0 spiro atoms. The number of hydrogen-bond donors (Lipinski definition) is 1. The minimum absolute atomic E-state index is 0.701. The van der Waals surface area contributed by atoms with E-state index in [2.05, 4.69) is 17.3 Å². The third-order valence-electron chi connectivity index (χ3n) is 3.38. The number of hydroxylamine groups is 2. The van der Waals surface area contributed by atoms with E-state index in [0.29, 0.717) is 6.04 Å². The van der Waals surface area contributed by atoms with Gasteiger partial charge in [0.15, 0.2) is 0 Å². The maximum absolute atomic E-state index is 5.60. The number of rotatable bonds is 3. The van der Waals surface area contributed by atoms with E-state index in [9.17, 15) is 0 Å². The highest BCUT2D eigenvalue weighted by molar-refractivity contribution is 4.81. The van der Waals surface area contributed by atoms with Crippen LogP contribution < -0.4 is 5.32 Å². The van der Waals surface area contributed by atoms with Crippen LogP contribution >= 0.6 is 0 Å². The van der Waals surface area contributed by atoms with Gasteiger partial charge < -0.3 is 5.32 Å². The molecule has 0 bridgehead atoms. The van der Waals surface area contributed by atoms with Crippen molar-refractivity contribution in [3.05, 3.63) is 0 Å². The van der Waals surface area contributed by atoms with Crippen LogP contribution in [0, 0.1) is 0 Å². The monoisotopic (exact) mass is 198 g/mol. The Balaban J connectivity index is 1.72. The zero-order valence-electron chi connectivity index (χ0n) is 9.17. The molecule has 2 rings (SSSR count). The molecule has 0 aromatic rings. The van der Waals surface area contributed by atoms with Crippen molar-refractivity contribution in [1.29, 1.82) is 0 Å². The van der Waals surface area contributed by atoms with Gasteiger partial charge in [-0.3, -0.25) is 4.84 Å². The molecule has 1 aliphatic heterocycles. The summed E-state index contributed by atoms with van der Waals surface area (Å²) in [5.41, 5.74) is 0.